The van der Waals surface area contributed by atoms with Crippen LogP contribution in [0.4, 0.5) is 0 Å². The van der Waals surface area contributed by atoms with E-state index in [2.05, 4.69) is 28.2 Å². The number of hydrogen-bond acceptors (Lipinski definition) is 7. The van der Waals surface area contributed by atoms with E-state index in [4.69, 9.17) is 11.5 Å². The number of amides is 4. The summed E-state index contributed by atoms with van der Waals surface area (Å²) in [6, 6.07) is 3.00. The van der Waals surface area contributed by atoms with Crippen molar-refractivity contribution in [3.8, 4) is 0 Å². The molecule has 36 heavy (non-hydrogen) atoms. The number of aliphatic carboxylic acids is 1. The number of fused-ring (bicyclic) bond motifs is 1. The van der Waals surface area contributed by atoms with Gasteiger partial charge in [0.1, 0.15) is 18.1 Å². The summed E-state index contributed by atoms with van der Waals surface area (Å²) in [6.07, 6.45) is 2.20. The van der Waals surface area contributed by atoms with Crippen molar-refractivity contribution in [1.82, 2.24) is 20.5 Å². The standard InChI is InChI=1S/C23H30N6O6S/c24-14(8-12-10-26-15-5-2-1-4-13(12)15)20(31)28-17(11-36)21(32)27-16(9-19(25)30)22(33)29-7-3-6-18(29)23(34)35/h1-2,4-5,10,14,16-18,26,36H,3,6-9,11,24H2,(H2,25,30)(H,27,32)(H,28,31)(H,34,35). The van der Waals surface area contributed by atoms with E-state index in [0.29, 0.717) is 6.42 Å². The summed E-state index contributed by atoms with van der Waals surface area (Å²) >= 11 is 4.12. The van der Waals surface area contributed by atoms with Gasteiger partial charge in [-0.25, -0.2) is 4.79 Å². The third-order valence-electron chi connectivity index (χ3n) is 6.11. The monoisotopic (exact) mass is 518 g/mol. The van der Waals surface area contributed by atoms with Crippen LogP contribution in [-0.2, 0) is 30.4 Å². The first-order valence-corrected chi connectivity index (χ1v) is 12.1. The van der Waals surface area contributed by atoms with Crippen molar-refractivity contribution in [3.05, 3.63) is 36.0 Å². The van der Waals surface area contributed by atoms with Gasteiger partial charge in [-0.1, -0.05) is 18.2 Å². The number of nitrogens with one attached hydrogen (secondary N) is 3. The van der Waals surface area contributed by atoms with Crippen LogP contribution in [0.15, 0.2) is 30.5 Å². The van der Waals surface area contributed by atoms with Gasteiger partial charge in [0, 0.05) is 29.4 Å². The van der Waals surface area contributed by atoms with Crippen molar-refractivity contribution in [1.29, 1.82) is 0 Å². The van der Waals surface area contributed by atoms with Gasteiger partial charge < -0.3 is 37.1 Å². The van der Waals surface area contributed by atoms with Crippen LogP contribution in [0.3, 0.4) is 0 Å². The highest BCUT2D eigenvalue weighted by atomic mass is 32.1. The van der Waals surface area contributed by atoms with Crippen molar-refractivity contribution in [2.45, 2.75) is 49.9 Å². The minimum atomic E-state index is -1.38. The maximum atomic E-state index is 13.0. The number of benzene rings is 1. The lowest BCUT2D eigenvalue weighted by atomic mass is 10.0. The van der Waals surface area contributed by atoms with Crippen LogP contribution in [-0.4, -0.2) is 81.1 Å². The molecule has 12 nitrogen and oxygen atoms in total. The summed E-state index contributed by atoms with van der Waals surface area (Å²) in [5.74, 6) is -4.24. The van der Waals surface area contributed by atoms with Crippen molar-refractivity contribution in [2.75, 3.05) is 12.3 Å². The number of aromatic nitrogens is 1. The molecule has 2 aromatic rings. The molecule has 4 unspecified atom stereocenters. The molecule has 0 radical (unpaired) electrons. The van der Waals surface area contributed by atoms with E-state index in [0.717, 1.165) is 21.4 Å². The normalized spacial score (nSPS) is 17.8. The molecular formula is C23H30N6O6S. The molecule has 0 spiro atoms. The van der Waals surface area contributed by atoms with Crippen LogP contribution in [0.25, 0.3) is 10.9 Å². The van der Waals surface area contributed by atoms with Gasteiger partial charge in [-0.2, -0.15) is 12.6 Å². The van der Waals surface area contributed by atoms with Gasteiger partial charge in [0.2, 0.25) is 23.6 Å². The number of carboxylic acid groups (broad SMARTS) is 1. The van der Waals surface area contributed by atoms with Gasteiger partial charge >= 0.3 is 5.97 Å². The van der Waals surface area contributed by atoms with E-state index in [1.165, 1.54) is 0 Å². The Morgan fingerprint density at radius 2 is 1.83 bits per heavy atom. The summed E-state index contributed by atoms with van der Waals surface area (Å²) in [4.78, 5) is 65.8. The van der Waals surface area contributed by atoms with Gasteiger partial charge in [-0.05, 0) is 30.9 Å². The average molecular weight is 519 g/mol. The van der Waals surface area contributed by atoms with Crippen LogP contribution in [0.1, 0.15) is 24.8 Å². The fraction of sp³-hybridized carbons (Fsp3) is 0.435. The molecule has 0 saturated carbocycles. The Labute approximate surface area is 212 Å². The highest BCUT2D eigenvalue weighted by Crippen LogP contribution is 2.20. The summed E-state index contributed by atoms with van der Waals surface area (Å²) in [7, 11) is 0. The van der Waals surface area contributed by atoms with E-state index >= 15 is 0 Å². The number of hydrogen-bond donors (Lipinski definition) is 7. The quantitative estimate of drug-likeness (QED) is 0.183. The van der Waals surface area contributed by atoms with Crippen LogP contribution in [0, 0.1) is 0 Å². The maximum Gasteiger partial charge on any atom is 0.326 e. The molecule has 4 atom stereocenters. The number of thiol groups is 1. The number of para-hydroxylation sites is 1. The van der Waals surface area contributed by atoms with E-state index in [9.17, 15) is 29.1 Å². The summed E-state index contributed by atoms with van der Waals surface area (Å²) in [6.45, 7) is 0.177. The van der Waals surface area contributed by atoms with Crippen molar-refractivity contribution < 1.29 is 29.1 Å². The highest BCUT2D eigenvalue weighted by Gasteiger charge is 2.38. The predicted molar refractivity (Wildman–Crippen MR) is 134 cm³/mol. The Kier molecular flexibility index (Phi) is 8.93. The largest absolute Gasteiger partial charge is 0.480 e. The average Bonchev–Trinajstić information content (AvgIpc) is 3.49. The Morgan fingerprint density at radius 3 is 2.50 bits per heavy atom. The second-order valence-corrected chi connectivity index (χ2v) is 9.04. The number of carbonyl (C=O) groups is 5. The lowest BCUT2D eigenvalue weighted by Crippen LogP contribution is -2.58. The van der Waals surface area contributed by atoms with Crippen molar-refractivity contribution in [2.24, 2.45) is 11.5 Å². The van der Waals surface area contributed by atoms with Gasteiger partial charge in [-0.15, -0.1) is 0 Å². The van der Waals surface area contributed by atoms with Gasteiger partial charge in [-0.3, -0.25) is 19.2 Å². The molecule has 1 aliphatic heterocycles. The lowest BCUT2D eigenvalue weighted by Gasteiger charge is -2.28. The second kappa shape index (κ2) is 11.9. The molecular weight excluding hydrogens is 488 g/mol. The zero-order valence-electron chi connectivity index (χ0n) is 19.5. The molecule has 2 heterocycles. The minimum Gasteiger partial charge on any atom is -0.480 e. The zero-order valence-corrected chi connectivity index (χ0v) is 20.4. The first-order valence-electron chi connectivity index (χ1n) is 11.5. The van der Waals surface area contributed by atoms with Crippen molar-refractivity contribution >= 4 is 53.1 Å². The Bertz CT molecular complexity index is 1150. The number of likely N-dealkylation sites (tertiary alicyclic amines) is 1. The second-order valence-electron chi connectivity index (χ2n) is 8.67. The molecule has 1 fully saturated rings. The zero-order chi connectivity index (χ0) is 26.4. The van der Waals surface area contributed by atoms with E-state index < -0.39 is 60.2 Å². The summed E-state index contributed by atoms with van der Waals surface area (Å²) in [5.41, 5.74) is 13.1. The van der Waals surface area contributed by atoms with Crippen LogP contribution in [0.5, 0.6) is 0 Å². The molecule has 8 N–H and O–H groups in total. The molecule has 1 aromatic carbocycles. The molecule has 0 aliphatic carbocycles. The number of nitrogens with zero attached hydrogens (tertiary/aromatic N) is 1. The molecule has 1 saturated heterocycles. The lowest BCUT2D eigenvalue weighted by molar-refractivity contribution is -0.149. The molecule has 1 aliphatic rings. The number of rotatable bonds is 11. The fourth-order valence-electron chi connectivity index (χ4n) is 4.26. The van der Waals surface area contributed by atoms with E-state index in [1.807, 2.05) is 24.3 Å². The molecule has 13 heteroatoms. The number of carbonyl (C=O) groups excluding carboxylic acids is 4. The number of carboxylic acids is 1. The topological polar surface area (TPSA) is 201 Å². The van der Waals surface area contributed by atoms with Gasteiger partial charge in [0.25, 0.3) is 0 Å². The Balaban J connectivity index is 1.65. The third kappa shape index (κ3) is 6.34. The van der Waals surface area contributed by atoms with Gasteiger partial charge in [0.15, 0.2) is 0 Å². The molecule has 4 amide bonds. The van der Waals surface area contributed by atoms with Crippen LogP contribution >= 0.6 is 12.6 Å². The number of H-pyrrole nitrogens is 1. The number of nitrogens with two attached hydrogens (primary N) is 2. The SMILES string of the molecule is NC(=O)CC(NC(=O)C(CS)NC(=O)C(N)Cc1c[nH]c2ccccc12)C(=O)N1CCCC1C(=O)O. The molecule has 0 bridgehead atoms. The van der Waals surface area contributed by atoms with E-state index in [1.54, 1.807) is 6.20 Å². The summed E-state index contributed by atoms with van der Waals surface area (Å²) < 4.78 is 0. The fourth-order valence-corrected chi connectivity index (χ4v) is 4.52. The minimum absolute atomic E-state index is 0.115. The maximum absolute atomic E-state index is 13.0. The predicted octanol–water partition coefficient (Wildman–Crippen LogP) is -1.11. The highest BCUT2D eigenvalue weighted by molar-refractivity contribution is 7.80. The summed E-state index contributed by atoms with van der Waals surface area (Å²) in [5, 5.41) is 15.2. The number of primary amides is 1. The number of aromatic amines is 1. The van der Waals surface area contributed by atoms with Crippen molar-refractivity contribution in [3.63, 3.8) is 0 Å². The third-order valence-corrected chi connectivity index (χ3v) is 6.47. The molecule has 3 rings (SSSR count). The Morgan fingerprint density at radius 1 is 1.14 bits per heavy atom. The first-order chi connectivity index (χ1) is 17.1. The molecule has 194 valence electrons. The van der Waals surface area contributed by atoms with E-state index in [-0.39, 0.29) is 25.1 Å². The Hall–Kier alpha value is -3.58. The van der Waals surface area contributed by atoms with Gasteiger partial charge in [0.05, 0.1) is 12.5 Å². The first kappa shape index (κ1) is 27.0. The smallest absolute Gasteiger partial charge is 0.326 e. The van der Waals surface area contributed by atoms with Crippen LogP contribution in [0.2, 0.25) is 0 Å². The molecule has 1 aromatic heterocycles. The van der Waals surface area contributed by atoms with Crippen LogP contribution < -0.4 is 22.1 Å².